The first kappa shape index (κ1) is 22.0. The first-order valence-corrected chi connectivity index (χ1v) is 9.24. The number of halogens is 3. The van der Waals surface area contributed by atoms with Crippen LogP contribution in [0.2, 0.25) is 0 Å². The zero-order valence-corrected chi connectivity index (χ0v) is 16.3. The Morgan fingerprint density at radius 3 is 2.79 bits per heavy atom. The normalized spacial score (nSPS) is 18.3. The molecule has 0 radical (unpaired) electrons. The monoisotopic (exact) mass is 400 g/mol. The van der Waals surface area contributed by atoms with Gasteiger partial charge < -0.3 is 20.3 Å². The van der Waals surface area contributed by atoms with Crippen LogP contribution in [0.4, 0.5) is 13.2 Å². The number of hydrogen-bond donors (Lipinski definition) is 2. The molecule has 1 aliphatic heterocycles. The first-order valence-electron chi connectivity index (χ1n) is 9.24. The number of amides is 1. The van der Waals surface area contributed by atoms with E-state index in [-0.39, 0.29) is 11.9 Å². The van der Waals surface area contributed by atoms with Crippen molar-refractivity contribution in [3.8, 4) is 0 Å². The van der Waals surface area contributed by atoms with Gasteiger partial charge in [-0.25, -0.2) is 0 Å². The fourth-order valence-corrected chi connectivity index (χ4v) is 2.97. The van der Waals surface area contributed by atoms with E-state index >= 15 is 0 Å². The number of carbonyl (C=O) groups is 1. The maximum atomic E-state index is 13.0. The van der Waals surface area contributed by atoms with Gasteiger partial charge in [0.2, 0.25) is 5.91 Å². The summed E-state index contributed by atoms with van der Waals surface area (Å²) in [6.07, 6.45) is -4.57. The van der Waals surface area contributed by atoms with Gasteiger partial charge >= 0.3 is 6.18 Å². The third-order valence-corrected chi connectivity index (χ3v) is 4.25. The summed E-state index contributed by atoms with van der Waals surface area (Å²) in [6.45, 7) is 5.51. The van der Waals surface area contributed by atoms with Crippen molar-refractivity contribution in [2.75, 3.05) is 33.3 Å². The Kier molecular flexibility index (Phi) is 7.68. The molecule has 28 heavy (non-hydrogen) atoms. The number of aliphatic imine (C=N–C) groups is 1. The highest BCUT2D eigenvalue weighted by atomic mass is 19.4. The highest BCUT2D eigenvalue weighted by molar-refractivity contribution is 5.81. The maximum Gasteiger partial charge on any atom is 0.416 e. The van der Waals surface area contributed by atoms with Crippen molar-refractivity contribution in [2.24, 2.45) is 4.99 Å². The highest BCUT2D eigenvalue weighted by Gasteiger charge is 2.32. The van der Waals surface area contributed by atoms with Crippen molar-refractivity contribution >= 4 is 11.9 Å². The Bertz CT molecular complexity index is 692. The van der Waals surface area contributed by atoms with Crippen molar-refractivity contribution in [3.05, 3.63) is 35.4 Å². The number of nitrogens with one attached hydrogen (secondary N) is 2. The van der Waals surface area contributed by atoms with Crippen LogP contribution in [0.5, 0.6) is 0 Å². The quantitative estimate of drug-likeness (QED) is 0.589. The summed E-state index contributed by atoms with van der Waals surface area (Å²) in [6, 6.07) is 5.28. The number of alkyl halides is 3. The predicted molar refractivity (Wildman–Crippen MR) is 101 cm³/mol. The van der Waals surface area contributed by atoms with E-state index in [1.807, 2.05) is 18.7 Å². The number of guanidine groups is 1. The molecule has 1 amide bonds. The average molecular weight is 400 g/mol. The van der Waals surface area contributed by atoms with E-state index in [0.29, 0.717) is 44.2 Å². The molecular weight excluding hydrogens is 373 g/mol. The summed E-state index contributed by atoms with van der Waals surface area (Å²) in [4.78, 5) is 17.9. The van der Waals surface area contributed by atoms with Crippen LogP contribution < -0.4 is 10.6 Å². The lowest BCUT2D eigenvalue weighted by Crippen LogP contribution is -2.48. The van der Waals surface area contributed by atoms with Crippen LogP contribution in [0.1, 0.15) is 37.5 Å². The van der Waals surface area contributed by atoms with Crippen molar-refractivity contribution in [1.29, 1.82) is 0 Å². The maximum absolute atomic E-state index is 13.0. The van der Waals surface area contributed by atoms with E-state index in [0.717, 1.165) is 12.1 Å². The summed E-state index contributed by atoms with van der Waals surface area (Å²) >= 11 is 0. The molecule has 9 heteroatoms. The Labute approximate surface area is 163 Å². The summed E-state index contributed by atoms with van der Waals surface area (Å²) in [5, 5.41) is 5.95. The lowest BCUT2D eigenvalue weighted by molar-refractivity contribution is -0.137. The molecule has 1 aromatic carbocycles. The SMILES string of the molecule is CN=C(NCCC(=O)NC(C)C)N1CCOC(c2cccc(C(F)(F)F)c2)C1. The minimum Gasteiger partial charge on any atom is -0.370 e. The van der Waals surface area contributed by atoms with Crippen LogP contribution in [-0.2, 0) is 15.7 Å². The molecule has 0 aliphatic carbocycles. The number of morpholine rings is 1. The number of rotatable bonds is 5. The van der Waals surface area contributed by atoms with E-state index in [2.05, 4.69) is 15.6 Å². The molecule has 0 aromatic heterocycles. The average Bonchev–Trinajstić information content (AvgIpc) is 2.64. The summed E-state index contributed by atoms with van der Waals surface area (Å²) in [7, 11) is 1.63. The zero-order chi connectivity index (χ0) is 20.7. The van der Waals surface area contributed by atoms with Gasteiger partial charge in [-0.2, -0.15) is 13.2 Å². The number of hydrogen-bond acceptors (Lipinski definition) is 3. The van der Waals surface area contributed by atoms with Crippen LogP contribution in [0.25, 0.3) is 0 Å². The second-order valence-electron chi connectivity index (χ2n) is 6.87. The third-order valence-electron chi connectivity index (χ3n) is 4.25. The molecule has 6 nitrogen and oxygen atoms in total. The topological polar surface area (TPSA) is 66.0 Å². The fourth-order valence-electron chi connectivity index (χ4n) is 2.97. The molecule has 2 N–H and O–H groups in total. The summed E-state index contributed by atoms with van der Waals surface area (Å²) in [5.74, 6) is 0.541. The molecule has 0 spiro atoms. The Morgan fingerprint density at radius 2 is 2.14 bits per heavy atom. The molecule has 156 valence electrons. The lowest BCUT2D eigenvalue weighted by atomic mass is 10.0. The van der Waals surface area contributed by atoms with E-state index < -0.39 is 17.8 Å². The first-order chi connectivity index (χ1) is 13.2. The smallest absolute Gasteiger partial charge is 0.370 e. The van der Waals surface area contributed by atoms with Crippen LogP contribution in [-0.4, -0.2) is 56.1 Å². The third kappa shape index (κ3) is 6.40. The molecule has 1 unspecified atom stereocenters. The molecule has 1 aliphatic rings. The largest absolute Gasteiger partial charge is 0.416 e. The van der Waals surface area contributed by atoms with E-state index in [4.69, 9.17) is 4.74 Å². The van der Waals surface area contributed by atoms with Gasteiger partial charge in [-0.1, -0.05) is 12.1 Å². The lowest BCUT2D eigenvalue weighted by Gasteiger charge is -2.35. The van der Waals surface area contributed by atoms with Gasteiger partial charge in [-0.15, -0.1) is 0 Å². The Balaban J connectivity index is 1.97. The number of nitrogens with zero attached hydrogens (tertiary/aromatic N) is 2. The van der Waals surface area contributed by atoms with Gasteiger partial charge in [0, 0.05) is 32.6 Å². The molecule has 0 saturated carbocycles. The van der Waals surface area contributed by atoms with Crippen LogP contribution in [0, 0.1) is 0 Å². The molecule has 2 rings (SSSR count). The zero-order valence-electron chi connectivity index (χ0n) is 16.3. The number of carbonyl (C=O) groups excluding carboxylic acids is 1. The Morgan fingerprint density at radius 1 is 1.39 bits per heavy atom. The van der Waals surface area contributed by atoms with Gasteiger partial charge in [0.15, 0.2) is 5.96 Å². The molecule has 0 bridgehead atoms. The molecule has 1 heterocycles. The molecule has 1 fully saturated rings. The van der Waals surface area contributed by atoms with Gasteiger partial charge in [-0.3, -0.25) is 9.79 Å². The van der Waals surface area contributed by atoms with Crippen molar-refractivity contribution in [3.63, 3.8) is 0 Å². The fraction of sp³-hybridized carbons (Fsp3) is 0.579. The summed E-state index contributed by atoms with van der Waals surface area (Å²) < 4.78 is 44.6. The minimum atomic E-state index is -4.39. The van der Waals surface area contributed by atoms with Gasteiger partial charge in [0.25, 0.3) is 0 Å². The van der Waals surface area contributed by atoms with E-state index in [1.165, 1.54) is 6.07 Å². The molecular formula is C19H27F3N4O2. The van der Waals surface area contributed by atoms with Crippen LogP contribution in [0.3, 0.4) is 0 Å². The standard InChI is InChI=1S/C19H27F3N4O2/c1-13(2)25-17(27)7-8-24-18(23-3)26-9-10-28-16(12-26)14-5-4-6-15(11-14)19(20,21)22/h4-6,11,13,16H,7-10,12H2,1-3H3,(H,23,24)(H,25,27). The van der Waals surface area contributed by atoms with Crippen molar-refractivity contribution < 1.29 is 22.7 Å². The molecule has 1 atom stereocenters. The van der Waals surface area contributed by atoms with Crippen molar-refractivity contribution in [1.82, 2.24) is 15.5 Å². The molecule has 1 aromatic rings. The number of benzene rings is 1. The van der Waals surface area contributed by atoms with Gasteiger partial charge in [0.05, 0.1) is 18.7 Å². The van der Waals surface area contributed by atoms with Crippen LogP contribution in [0.15, 0.2) is 29.3 Å². The second kappa shape index (κ2) is 9.77. The second-order valence-corrected chi connectivity index (χ2v) is 6.87. The minimum absolute atomic E-state index is 0.0539. The van der Waals surface area contributed by atoms with Crippen LogP contribution >= 0.6 is 0 Å². The van der Waals surface area contributed by atoms with E-state index in [9.17, 15) is 18.0 Å². The number of ether oxygens (including phenoxy) is 1. The highest BCUT2D eigenvalue weighted by Crippen LogP contribution is 2.32. The van der Waals surface area contributed by atoms with Crippen molar-refractivity contribution in [2.45, 2.75) is 38.6 Å². The van der Waals surface area contributed by atoms with Gasteiger partial charge in [0.1, 0.15) is 6.10 Å². The summed E-state index contributed by atoms with van der Waals surface area (Å²) in [5.41, 5.74) is -0.212. The van der Waals surface area contributed by atoms with E-state index in [1.54, 1.807) is 13.1 Å². The predicted octanol–water partition coefficient (Wildman–Crippen LogP) is 2.57. The Hall–Kier alpha value is -2.29. The van der Waals surface area contributed by atoms with Gasteiger partial charge in [-0.05, 0) is 31.5 Å². The molecule has 1 saturated heterocycles.